The van der Waals surface area contributed by atoms with E-state index in [1.807, 2.05) is 11.4 Å². The lowest BCUT2D eigenvalue weighted by atomic mass is 10.2. The predicted molar refractivity (Wildman–Crippen MR) is 75.9 cm³/mol. The molecule has 110 valence electrons. The fraction of sp³-hybridized carbons (Fsp3) is 0.357. The molecule has 1 aliphatic heterocycles. The summed E-state index contributed by atoms with van der Waals surface area (Å²) >= 11 is 1.41. The van der Waals surface area contributed by atoms with Gasteiger partial charge in [-0.05, 0) is 25.0 Å². The van der Waals surface area contributed by atoms with Gasteiger partial charge in [0.25, 0.3) is 0 Å². The number of carboxylic acids is 1. The molecule has 0 radical (unpaired) electrons. The highest BCUT2D eigenvalue weighted by Gasteiger charge is 2.33. The van der Waals surface area contributed by atoms with Gasteiger partial charge in [0, 0.05) is 11.9 Å². The molecule has 1 aliphatic rings. The first-order valence-electron chi connectivity index (χ1n) is 6.65. The molecule has 0 bridgehead atoms. The summed E-state index contributed by atoms with van der Waals surface area (Å²) in [6, 6.07) is 2.90. The molecule has 3 rings (SSSR count). The molecule has 2 aromatic rings. The Bertz CT molecular complexity index is 650. The Balaban J connectivity index is 1.69. The minimum Gasteiger partial charge on any atom is -0.480 e. The number of aliphatic carboxylic acids is 1. The fourth-order valence-corrected chi connectivity index (χ4v) is 3.27. The molecule has 7 heteroatoms. The molecule has 3 heterocycles. The number of furan rings is 1. The van der Waals surface area contributed by atoms with Gasteiger partial charge in [-0.1, -0.05) is 0 Å². The third-order valence-corrected chi connectivity index (χ3v) is 4.38. The molecular formula is C14H14N2O4S. The van der Waals surface area contributed by atoms with Crippen molar-refractivity contribution in [2.75, 3.05) is 6.54 Å². The molecule has 0 aromatic carbocycles. The van der Waals surface area contributed by atoms with E-state index in [0.717, 1.165) is 11.4 Å². The molecule has 0 unspecified atom stereocenters. The van der Waals surface area contributed by atoms with Crippen molar-refractivity contribution in [3.8, 4) is 10.8 Å². The van der Waals surface area contributed by atoms with Gasteiger partial charge in [0.1, 0.15) is 6.04 Å². The quantitative estimate of drug-likeness (QED) is 0.934. The van der Waals surface area contributed by atoms with E-state index in [1.165, 1.54) is 16.2 Å². The van der Waals surface area contributed by atoms with Crippen LogP contribution in [0.4, 0.5) is 0 Å². The second kappa shape index (κ2) is 5.69. The summed E-state index contributed by atoms with van der Waals surface area (Å²) < 4.78 is 5.26. The van der Waals surface area contributed by atoms with Crippen molar-refractivity contribution in [3.05, 3.63) is 29.5 Å². The minimum absolute atomic E-state index is 0.126. The zero-order valence-corrected chi connectivity index (χ0v) is 12.0. The number of carboxylic acid groups (broad SMARTS) is 1. The maximum absolute atomic E-state index is 12.2. The summed E-state index contributed by atoms with van der Waals surface area (Å²) in [5.74, 6) is -0.449. The highest BCUT2D eigenvalue weighted by Crippen LogP contribution is 2.25. The summed E-state index contributed by atoms with van der Waals surface area (Å²) in [6.45, 7) is 0.505. The first-order valence-corrected chi connectivity index (χ1v) is 7.53. The highest BCUT2D eigenvalue weighted by molar-refractivity contribution is 7.13. The number of carbonyl (C=O) groups excluding carboxylic acids is 1. The summed E-state index contributed by atoms with van der Waals surface area (Å²) in [4.78, 5) is 29.1. The average molecular weight is 306 g/mol. The van der Waals surface area contributed by atoms with Crippen molar-refractivity contribution in [1.82, 2.24) is 9.88 Å². The fourth-order valence-electron chi connectivity index (χ4n) is 2.48. The van der Waals surface area contributed by atoms with Crippen molar-refractivity contribution in [3.63, 3.8) is 0 Å². The highest BCUT2D eigenvalue weighted by atomic mass is 32.1. The Labute approximate surface area is 125 Å². The number of carbonyl (C=O) groups is 2. The van der Waals surface area contributed by atoms with E-state index in [4.69, 9.17) is 9.52 Å². The van der Waals surface area contributed by atoms with Gasteiger partial charge in [0.15, 0.2) is 10.8 Å². The van der Waals surface area contributed by atoms with Gasteiger partial charge in [0.05, 0.1) is 18.4 Å². The minimum atomic E-state index is -0.935. The third-order valence-electron chi connectivity index (χ3n) is 3.47. The molecule has 0 spiro atoms. The third kappa shape index (κ3) is 2.82. The number of aromatic nitrogens is 1. The first kappa shape index (κ1) is 13.8. The number of nitrogens with zero attached hydrogens (tertiary/aromatic N) is 2. The van der Waals surface area contributed by atoms with Crippen molar-refractivity contribution in [2.24, 2.45) is 0 Å². The van der Waals surface area contributed by atoms with Crippen LogP contribution in [-0.4, -0.2) is 39.5 Å². The van der Waals surface area contributed by atoms with E-state index in [9.17, 15) is 9.59 Å². The maximum atomic E-state index is 12.2. The van der Waals surface area contributed by atoms with E-state index in [0.29, 0.717) is 24.4 Å². The largest absolute Gasteiger partial charge is 0.480 e. The Morgan fingerprint density at radius 3 is 3.10 bits per heavy atom. The molecule has 1 atom stereocenters. The van der Waals surface area contributed by atoms with Crippen LogP contribution < -0.4 is 0 Å². The first-order chi connectivity index (χ1) is 10.1. The van der Waals surface area contributed by atoms with E-state index in [-0.39, 0.29) is 12.3 Å². The molecule has 0 saturated carbocycles. The predicted octanol–water partition coefficient (Wildman–Crippen LogP) is 2.02. The molecule has 6 nitrogen and oxygen atoms in total. The number of hydrogen-bond acceptors (Lipinski definition) is 5. The Hall–Kier alpha value is -2.15. The van der Waals surface area contributed by atoms with Gasteiger partial charge in [-0.3, -0.25) is 4.79 Å². The Morgan fingerprint density at radius 2 is 2.38 bits per heavy atom. The molecule has 1 saturated heterocycles. The van der Waals surface area contributed by atoms with Crippen molar-refractivity contribution < 1.29 is 19.1 Å². The number of rotatable bonds is 4. The topological polar surface area (TPSA) is 83.6 Å². The average Bonchev–Trinajstić information content (AvgIpc) is 3.19. The van der Waals surface area contributed by atoms with Gasteiger partial charge in [0.2, 0.25) is 5.91 Å². The number of thiazole rings is 1. The van der Waals surface area contributed by atoms with E-state index >= 15 is 0 Å². The number of likely N-dealkylation sites (tertiary alicyclic amines) is 1. The SMILES string of the molecule is O=C(O)[C@@H]1CCCN1C(=O)Cc1csc(-c2ccco2)n1. The van der Waals surface area contributed by atoms with Crippen molar-refractivity contribution >= 4 is 23.2 Å². The molecule has 21 heavy (non-hydrogen) atoms. The van der Waals surface area contributed by atoms with Crippen molar-refractivity contribution in [1.29, 1.82) is 0 Å². The second-order valence-corrected chi connectivity index (χ2v) is 5.74. The van der Waals surface area contributed by atoms with Gasteiger partial charge >= 0.3 is 5.97 Å². The summed E-state index contributed by atoms with van der Waals surface area (Å²) in [5.41, 5.74) is 0.646. The monoisotopic (exact) mass is 306 g/mol. The molecule has 1 N–H and O–H groups in total. The number of hydrogen-bond donors (Lipinski definition) is 1. The van der Waals surface area contributed by atoms with Crippen LogP contribution in [0.25, 0.3) is 10.8 Å². The van der Waals surface area contributed by atoms with Crippen LogP contribution in [-0.2, 0) is 16.0 Å². The van der Waals surface area contributed by atoms with Crippen molar-refractivity contribution in [2.45, 2.75) is 25.3 Å². The molecule has 1 fully saturated rings. The van der Waals surface area contributed by atoms with Gasteiger partial charge in [-0.25, -0.2) is 9.78 Å². The van der Waals surface area contributed by atoms with E-state index in [1.54, 1.807) is 12.3 Å². The van der Waals surface area contributed by atoms with E-state index in [2.05, 4.69) is 4.98 Å². The van der Waals surface area contributed by atoms with E-state index < -0.39 is 12.0 Å². The normalized spacial score (nSPS) is 18.1. The van der Waals surface area contributed by atoms with Crippen LogP contribution in [0.1, 0.15) is 18.5 Å². The molecule has 0 aliphatic carbocycles. The van der Waals surface area contributed by atoms with Crippen LogP contribution in [0.2, 0.25) is 0 Å². The van der Waals surface area contributed by atoms with Crippen LogP contribution in [0.15, 0.2) is 28.2 Å². The van der Waals surface area contributed by atoms with Crippen LogP contribution >= 0.6 is 11.3 Å². The summed E-state index contributed by atoms with van der Waals surface area (Å²) in [5, 5.41) is 11.6. The van der Waals surface area contributed by atoms with Crippen LogP contribution in [0.3, 0.4) is 0 Å². The molecule has 1 amide bonds. The molecule has 2 aromatic heterocycles. The summed E-state index contributed by atoms with van der Waals surface area (Å²) in [7, 11) is 0. The smallest absolute Gasteiger partial charge is 0.326 e. The second-order valence-electron chi connectivity index (χ2n) is 4.88. The van der Waals surface area contributed by atoms with Crippen LogP contribution in [0, 0.1) is 0 Å². The van der Waals surface area contributed by atoms with Gasteiger partial charge in [-0.2, -0.15) is 0 Å². The number of amides is 1. The Kier molecular flexibility index (Phi) is 3.74. The van der Waals surface area contributed by atoms with Crippen LogP contribution in [0.5, 0.6) is 0 Å². The lowest BCUT2D eigenvalue weighted by Gasteiger charge is -2.20. The molecular weight excluding hydrogens is 292 g/mol. The summed E-state index contributed by atoms with van der Waals surface area (Å²) in [6.07, 6.45) is 2.96. The Morgan fingerprint density at radius 1 is 1.52 bits per heavy atom. The van der Waals surface area contributed by atoms with Gasteiger partial charge < -0.3 is 14.4 Å². The zero-order valence-electron chi connectivity index (χ0n) is 11.2. The standard InChI is InChI=1S/C14H14N2O4S/c17-12(16-5-1-3-10(16)14(18)19)7-9-8-21-13(15-9)11-4-2-6-20-11/h2,4,6,8,10H,1,3,5,7H2,(H,18,19)/t10-/m0/s1. The zero-order chi connectivity index (χ0) is 14.8. The lowest BCUT2D eigenvalue weighted by molar-refractivity contribution is -0.148. The van der Waals surface area contributed by atoms with Gasteiger partial charge in [-0.15, -0.1) is 11.3 Å². The maximum Gasteiger partial charge on any atom is 0.326 e. The lowest BCUT2D eigenvalue weighted by Crippen LogP contribution is -2.41.